The third-order valence-corrected chi connectivity index (χ3v) is 5.90. The molecule has 0 aromatic heterocycles. The van der Waals surface area contributed by atoms with Crippen molar-refractivity contribution in [3.63, 3.8) is 0 Å². The van der Waals surface area contributed by atoms with Gasteiger partial charge < -0.3 is 14.8 Å². The molecule has 1 fully saturated rings. The first kappa shape index (κ1) is 24.8. The van der Waals surface area contributed by atoms with Crippen LogP contribution in [-0.2, 0) is 16.1 Å². The van der Waals surface area contributed by atoms with Crippen molar-refractivity contribution in [2.75, 3.05) is 25.0 Å². The van der Waals surface area contributed by atoms with Crippen LogP contribution in [0.5, 0.6) is 5.75 Å². The fraction of sp³-hybridized carbons (Fsp3) is 0.321. The first-order valence-corrected chi connectivity index (χ1v) is 11.8. The molecule has 0 saturated carbocycles. The summed E-state index contributed by atoms with van der Waals surface area (Å²) in [6, 6.07) is 20.5. The molecule has 1 N–H and O–H groups in total. The summed E-state index contributed by atoms with van der Waals surface area (Å²) in [5, 5.41) is 2.87. The zero-order valence-corrected chi connectivity index (χ0v) is 19.8. The van der Waals surface area contributed by atoms with E-state index in [0.29, 0.717) is 18.8 Å². The van der Waals surface area contributed by atoms with Crippen molar-refractivity contribution in [1.82, 2.24) is 4.90 Å². The molecule has 2 atom stereocenters. The molecule has 35 heavy (non-hydrogen) atoms. The van der Waals surface area contributed by atoms with Gasteiger partial charge in [-0.2, -0.15) is 0 Å². The maximum Gasteiger partial charge on any atom is 0.266 e. The summed E-state index contributed by atoms with van der Waals surface area (Å²) >= 11 is 0. The summed E-state index contributed by atoms with van der Waals surface area (Å²) < 4.78 is 39.1. The molecule has 0 aliphatic carbocycles. The number of anilines is 1. The van der Waals surface area contributed by atoms with E-state index in [2.05, 4.69) is 16.3 Å². The Labute approximate surface area is 204 Å². The predicted molar refractivity (Wildman–Crippen MR) is 131 cm³/mol. The minimum Gasteiger partial charge on any atom is -0.479 e. The summed E-state index contributed by atoms with van der Waals surface area (Å²) in [5.74, 6) is -2.28. The van der Waals surface area contributed by atoms with Crippen LogP contribution < -0.4 is 10.1 Å². The standard InChI is InChI=1S/C28H30F2N2O3/c1-20-7-5-8-21(15-20)17-32(18-24-11-6-14-34-24)19-27(28(33)31-22-9-3-2-4-10-22)35-23-12-13-25(29)26(30)16-23/h2-5,7-10,12-13,15-16,24,27H,6,11,14,17-19H2,1H3,(H,31,33)/t24-,27-/m1/s1. The van der Waals surface area contributed by atoms with Crippen LogP contribution in [-0.4, -0.2) is 42.7 Å². The molecule has 1 amide bonds. The van der Waals surface area contributed by atoms with Crippen molar-refractivity contribution in [2.45, 2.75) is 38.5 Å². The largest absolute Gasteiger partial charge is 0.479 e. The van der Waals surface area contributed by atoms with Crippen molar-refractivity contribution in [3.05, 3.63) is 95.6 Å². The van der Waals surface area contributed by atoms with Gasteiger partial charge >= 0.3 is 0 Å². The maximum atomic E-state index is 13.9. The number of hydrogen-bond donors (Lipinski definition) is 1. The number of para-hydroxylation sites is 1. The van der Waals surface area contributed by atoms with E-state index in [1.165, 1.54) is 6.07 Å². The molecule has 3 aromatic carbocycles. The molecular formula is C28H30F2N2O3. The van der Waals surface area contributed by atoms with Gasteiger partial charge in [-0.05, 0) is 49.6 Å². The number of rotatable bonds is 10. The SMILES string of the molecule is Cc1cccc(CN(C[C@H]2CCCO2)C[C@@H](Oc2ccc(F)c(F)c2)C(=O)Nc2ccccc2)c1. The quantitative estimate of drug-likeness (QED) is 0.426. The Kier molecular flexibility index (Phi) is 8.45. The van der Waals surface area contributed by atoms with E-state index in [1.807, 2.05) is 43.3 Å². The monoisotopic (exact) mass is 480 g/mol. The Morgan fingerprint density at radius 2 is 1.91 bits per heavy atom. The molecule has 1 heterocycles. The average Bonchev–Trinajstić information content (AvgIpc) is 3.35. The van der Waals surface area contributed by atoms with Gasteiger partial charge in [0.2, 0.25) is 0 Å². The number of aryl methyl sites for hydroxylation is 1. The lowest BCUT2D eigenvalue weighted by molar-refractivity contribution is -0.123. The third-order valence-electron chi connectivity index (χ3n) is 5.90. The lowest BCUT2D eigenvalue weighted by Gasteiger charge is -2.29. The van der Waals surface area contributed by atoms with E-state index < -0.39 is 17.7 Å². The van der Waals surface area contributed by atoms with E-state index in [1.54, 1.807) is 12.1 Å². The maximum absolute atomic E-state index is 13.9. The first-order chi connectivity index (χ1) is 17.0. The second kappa shape index (κ2) is 11.9. The molecule has 1 aliphatic heterocycles. The Balaban J connectivity index is 1.56. The summed E-state index contributed by atoms with van der Waals surface area (Å²) in [6.45, 7) is 4.23. The molecule has 0 spiro atoms. The second-order valence-corrected chi connectivity index (χ2v) is 8.86. The highest BCUT2D eigenvalue weighted by atomic mass is 19.2. The van der Waals surface area contributed by atoms with Crippen LogP contribution in [0, 0.1) is 18.6 Å². The average molecular weight is 481 g/mol. The van der Waals surface area contributed by atoms with Crippen LogP contribution >= 0.6 is 0 Å². The molecule has 1 saturated heterocycles. The van der Waals surface area contributed by atoms with Crippen molar-refractivity contribution < 1.29 is 23.0 Å². The first-order valence-electron chi connectivity index (χ1n) is 11.8. The van der Waals surface area contributed by atoms with Gasteiger partial charge in [0.15, 0.2) is 17.7 Å². The van der Waals surface area contributed by atoms with E-state index in [4.69, 9.17) is 9.47 Å². The van der Waals surface area contributed by atoms with Crippen molar-refractivity contribution in [1.29, 1.82) is 0 Å². The van der Waals surface area contributed by atoms with E-state index in [9.17, 15) is 13.6 Å². The summed E-state index contributed by atoms with van der Waals surface area (Å²) in [6.07, 6.45) is 1.06. The Morgan fingerprint density at radius 1 is 1.09 bits per heavy atom. The van der Waals surface area contributed by atoms with Gasteiger partial charge in [-0.1, -0.05) is 48.0 Å². The predicted octanol–water partition coefficient (Wildman–Crippen LogP) is 5.34. The van der Waals surface area contributed by atoms with Gasteiger partial charge in [-0.15, -0.1) is 0 Å². The van der Waals surface area contributed by atoms with Gasteiger partial charge in [-0.3, -0.25) is 9.69 Å². The zero-order chi connectivity index (χ0) is 24.6. The summed E-state index contributed by atoms with van der Waals surface area (Å²) in [7, 11) is 0. The minimum atomic E-state index is -1.03. The second-order valence-electron chi connectivity index (χ2n) is 8.86. The fourth-order valence-corrected chi connectivity index (χ4v) is 4.22. The number of ether oxygens (including phenoxy) is 2. The zero-order valence-electron chi connectivity index (χ0n) is 19.8. The van der Waals surface area contributed by atoms with Crippen molar-refractivity contribution >= 4 is 11.6 Å². The number of carbonyl (C=O) groups is 1. The molecule has 0 unspecified atom stereocenters. The van der Waals surface area contributed by atoms with Crippen LogP contribution in [0.3, 0.4) is 0 Å². The Morgan fingerprint density at radius 3 is 2.63 bits per heavy atom. The lowest BCUT2D eigenvalue weighted by Crippen LogP contribution is -2.45. The molecule has 3 aromatic rings. The van der Waals surface area contributed by atoms with Crippen LogP contribution in [0.15, 0.2) is 72.8 Å². The third kappa shape index (κ3) is 7.34. The number of nitrogens with zero attached hydrogens (tertiary/aromatic N) is 1. The topological polar surface area (TPSA) is 50.8 Å². The van der Waals surface area contributed by atoms with Crippen LogP contribution in [0.4, 0.5) is 14.5 Å². The molecule has 4 rings (SSSR count). The number of halogens is 2. The van der Waals surface area contributed by atoms with Gasteiger partial charge in [0.05, 0.1) is 6.10 Å². The molecule has 0 radical (unpaired) electrons. The normalized spacial score (nSPS) is 16.3. The van der Waals surface area contributed by atoms with Crippen LogP contribution in [0.2, 0.25) is 0 Å². The van der Waals surface area contributed by atoms with Crippen molar-refractivity contribution in [3.8, 4) is 5.75 Å². The van der Waals surface area contributed by atoms with E-state index in [-0.39, 0.29) is 24.3 Å². The number of benzene rings is 3. The van der Waals surface area contributed by atoms with Gasteiger partial charge in [0.25, 0.3) is 5.91 Å². The van der Waals surface area contributed by atoms with Gasteiger partial charge in [-0.25, -0.2) is 8.78 Å². The van der Waals surface area contributed by atoms with Crippen molar-refractivity contribution in [2.24, 2.45) is 0 Å². The molecule has 5 nitrogen and oxygen atoms in total. The van der Waals surface area contributed by atoms with Gasteiger partial charge in [0.1, 0.15) is 5.75 Å². The lowest BCUT2D eigenvalue weighted by atomic mass is 10.1. The van der Waals surface area contributed by atoms with Crippen LogP contribution in [0.1, 0.15) is 24.0 Å². The number of carbonyl (C=O) groups excluding carboxylic acids is 1. The van der Waals surface area contributed by atoms with Crippen LogP contribution in [0.25, 0.3) is 0 Å². The molecule has 7 heteroatoms. The molecular weight excluding hydrogens is 450 g/mol. The number of amides is 1. The number of nitrogens with one attached hydrogen (secondary N) is 1. The van der Waals surface area contributed by atoms with E-state index >= 15 is 0 Å². The highest BCUT2D eigenvalue weighted by Gasteiger charge is 2.27. The van der Waals surface area contributed by atoms with E-state index in [0.717, 1.165) is 42.7 Å². The summed E-state index contributed by atoms with van der Waals surface area (Å²) in [5.41, 5.74) is 2.88. The Hall–Kier alpha value is -3.29. The van der Waals surface area contributed by atoms with Gasteiger partial charge in [0, 0.05) is 38.0 Å². The highest BCUT2D eigenvalue weighted by molar-refractivity contribution is 5.94. The highest BCUT2D eigenvalue weighted by Crippen LogP contribution is 2.20. The summed E-state index contributed by atoms with van der Waals surface area (Å²) in [4.78, 5) is 15.4. The fourth-order valence-electron chi connectivity index (χ4n) is 4.22. The molecule has 0 bridgehead atoms. The minimum absolute atomic E-state index is 0.0703. The molecule has 184 valence electrons. The number of hydrogen-bond acceptors (Lipinski definition) is 4. The Bertz CT molecular complexity index is 1120. The smallest absolute Gasteiger partial charge is 0.266 e. The molecule has 1 aliphatic rings.